The molecule has 1 atom stereocenters. The summed E-state index contributed by atoms with van der Waals surface area (Å²) in [6.45, 7) is 4.77. The molecule has 0 saturated carbocycles. The van der Waals surface area contributed by atoms with Crippen molar-refractivity contribution in [3.8, 4) is 0 Å². The lowest BCUT2D eigenvalue weighted by Gasteiger charge is -2.32. The lowest BCUT2D eigenvalue weighted by atomic mass is 9.93. The molecule has 0 aromatic carbocycles. The van der Waals surface area contributed by atoms with Gasteiger partial charge in [0.1, 0.15) is 5.76 Å². The molecule has 2 aromatic heterocycles. The number of carbonyl (C=O) groups is 2. The van der Waals surface area contributed by atoms with Crippen LogP contribution >= 0.6 is 15.9 Å². The SMILES string of the molecule is Cc1c(C(=O)N2CCCCC2C)oc2c1/C(=N/NC(=O)c1cncc(Br)c1)CCC2. The van der Waals surface area contributed by atoms with E-state index in [2.05, 4.69) is 38.4 Å². The van der Waals surface area contributed by atoms with E-state index in [1.807, 2.05) is 11.8 Å². The van der Waals surface area contributed by atoms with Crippen molar-refractivity contribution in [3.63, 3.8) is 0 Å². The van der Waals surface area contributed by atoms with Crippen LogP contribution in [-0.4, -0.2) is 40.0 Å². The third kappa shape index (κ3) is 4.05. The Morgan fingerprint density at radius 2 is 2.10 bits per heavy atom. The highest BCUT2D eigenvalue weighted by molar-refractivity contribution is 9.10. The predicted octanol–water partition coefficient (Wildman–Crippen LogP) is 4.23. The van der Waals surface area contributed by atoms with Gasteiger partial charge in [0.25, 0.3) is 11.8 Å². The summed E-state index contributed by atoms with van der Waals surface area (Å²) in [5, 5.41) is 4.38. The number of carbonyl (C=O) groups excluding carboxylic acids is 2. The Kier molecular flexibility index (Phi) is 6.04. The minimum atomic E-state index is -0.331. The summed E-state index contributed by atoms with van der Waals surface area (Å²) < 4.78 is 6.76. The van der Waals surface area contributed by atoms with Gasteiger partial charge in [-0.15, -0.1) is 0 Å². The van der Waals surface area contributed by atoms with E-state index < -0.39 is 0 Å². The van der Waals surface area contributed by atoms with Crippen LogP contribution in [0.15, 0.2) is 32.5 Å². The van der Waals surface area contributed by atoms with Crippen LogP contribution < -0.4 is 5.43 Å². The van der Waals surface area contributed by atoms with E-state index >= 15 is 0 Å². The number of hydrazone groups is 1. The molecule has 2 amide bonds. The van der Waals surface area contributed by atoms with Crippen LogP contribution in [0.5, 0.6) is 0 Å². The van der Waals surface area contributed by atoms with Crippen molar-refractivity contribution in [1.29, 1.82) is 0 Å². The normalized spacial score (nSPS) is 20.2. The number of hydrogen-bond donors (Lipinski definition) is 1. The first-order valence-corrected chi connectivity index (χ1v) is 11.2. The number of likely N-dealkylation sites (tertiary alicyclic amines) is 1. The molecule has 1 fully saturated rings. The molecule has 7 nitrogen and oxygen atoms in total. The number of piperidine rings is 1. The van der Waals surface area contributed by atoms with Gasteiger partial charge in [0, 0.05) is 47.0 Å². The van der Waals surface area contributed by atoms with E-state index in [0.717, 1.165) is 72.1 Å². The van der Waals surface area contributed by atoms with E-state index in [4.69, 9.17) is 4.42 Å². The second-order valence-electron chi connectivity index (χ2n) is 7.94. The van der Waals surface area contributed by atoms with Crippen molar-refractivity contribution >= 4 is 33.5 Å². The summed E-state index contributed by atoms with van der Waals surface area (Å²) in [6.07, 6.45) is 8.66. The molecule has 0 radical (unpaired) electrons. The number of pyridine rings is 1. The Morgan fingerprint density at radius 3 is 2.87 bits per heavy atom. The van der Waals surface area contributed by atoms with Gasteiger partial charge >= 0.3 is 0 Å². The van der Waals surface area contributed by atoms with Gasteiger partial charge in [-0.2, -0.15) is 5.10 Å². The van der Waals surface area contributed by atoms with Gasteiger partial charge < -0.3 is 9.32 Å². The number of halogens is 1. The predicted molar refractivity (Wildman–Crippen MR) is 117 cm³/mol. The Hall–Kier alpha value is -2.48. The van der Waals surface area contributed by atoms with Crippen LogP contribution in [0.25, 0.3) is 0 Å². The largest absolute Gasteiger partial charge is 0.455 e. The number of fused-ring (bicyclic) bond motifs is 1. The summed E-state index contributed by atoms with van der Waals surface area (Å²) >= 11 is 3.32. The average molecular weight is 473 g/mol. The number of amides is 2. The van der Waals surface area contributed by atoms with Gasteiger partial charge in [0.2, 0.25) is 0 Å². The van der Waals surface area contributed by atoms with Gasteiger partial charge in [-0.05, 0) is 67.9 Å². The summed E-state index contributed by atoms with van der Waals surface area (Å²) in [5.41, 5.74) is 5.47. The molecule has 0 bridgehead atoms. The minimum absolute atomic E-state index is 0.0438. The van der Waals surface area contributed by atoms with E-state index in [9.17, 15) is 9.59 Å². The molecule has 158 valence electrons. The monoisotopic (exact) mass is 472 g/mol. The maximum atomic E-state index is 13.1. The topological polar surface area (TPSA) is 87.8 Å². The summed E-state index contributed by atoms with van der Waals surface area (Å²) in [6, 6.07) is 1.91. The van der Waals surface area contributed by atoms with Crippen molar-refractivity contribution in [2.45, 2.75) is 58.4 Å². The Labute approximate surface area is 184 Å². The molecule has 1 N–H and O–H groups in total. The highest BCUT2D eigenvalue weighted by atomic mass is 79.9. The van der Waals surface area contributed by atoms with Gasteiger partial charge in [0.15, 0.2) is 5.76 Å². The van der Waals surface area contributed by atoms with Gasteiger partial charge in [-0.3, -0.25) is 14.6 Å². The molecule has 3 heterocycles. The standard InChI is InChI=1S/C22H25BrN4O3/c1-13-6-3-4-9-27(13)22(29)20-14(2)19-17(7-5-8-18(19)30-20)25-26-21(28)15-10-16(23)12-24-11-15/h10-13H,3-9H2,1-2H3,(H,26,28)/b25-17+. The Balaban J connectivity index is 1.59. The van der Waals surface area contributed by atoms with E-state index in [-0.39, 0.29) is 17.9 Å². The maximum Gasteiger partial charge on any atom is 0.290 e. The number of hydrogen-bond acceptors (Lipinski definition) is 5. The number of aromatic nitrogens is 1. The third-order valence-corrected chi connectivity index (χ3v) is 6.28. The molecule has 1 saturated heterocycles. The first-order chi connectivity index (χ1) is 14.5. The van der Waals surface area contributed by atoms with Crippen LogP contribution in [-0.2, 0) is 6.42 Å². The molecular formula is C22H25BrN4O3. The molecule has 2 aliphatic rings. The number of furan rings is 1. The van der Waals surface area contributed by atoms with Crippen molar-refractivity contribution in [2.24, 2.45) is 5.10 Å². The lowest BCUT2D eigenvalue weighted by molar-refractivity contribution is 0.0600. The Bertz CT molecular complexity index is 1010. The van der Waals surface area contributed by atoms with Crippen LogP contribution in [0, 0.1) is 6.92 Å². The zero-order valence-corrected chi connectivity index (χ0v) is 18.8. The zero-order chi connectivity index (χ0) is 21.3. The number of aryl methyl sites for hydroxylation is 1. The highest BCUT2D eigenvalue weighted by Crippen LogP contribution is 2.31. The van der Waals surface area contributed by atoms with Gasteiger partial charge in [-0.25, -0.2) is 5.43 Å². The Morgan fingerprint density at radius 1 is 1.27 bits per heavy atom. The van der Waals surface area contributed by atoms with E-state index in [0.29, 0.717) is 11.3 Å². The van der Waals surface area contributed by atoms with Crippen molar-refractivity contribution < 1.29 is 14.0 Å². The fourth-order valence-corrected chi connectivity index (χ4v) is 4.60. The van der Waals surface area contributed by atoms with Crippen LogP contribution in [0.3, 0.4) is 0 Å². The smallest absolute Gasteiger partial charge is 0.290 e. The average Bonchev–Trinajstić information content (AvgIpc) is 3.09. The number of rotatable bonds is 3. The summed E-state index contributed by atoms with van der Waals surface area (Å²) in [4.78, 5) is 31.5. The van der Waals surface area contributed by atoms with Crippen LogP contribution in [0.2, 0.25) is 0 Å². The van der Waals surface area contributed by atoms with Crippen molar-refractivity contribution in [3.05, 3.63) is 51.1 Å². The zero-order valence-electron chi connectivity index (χ0n) is 17.2. The van der Waals surface area contributed by atoms with E-state index in [1.165, 1.54) is 6.20 Å². The fourth-order valence-electron chi connectivity index (χ4n) is 4.23. The van der Waals surface area contributed by atoms with Crippen molar-refractivity contribution in [2.75, 3.05) is 6.54 Å². The lowest BCUT2D eigenvalue weighted by Crippen LogP contribution is -2.42. The van der Waals surface area contributed by atoms with Gasteiger partial charge in [0.05, 0.1) is 11.3 Å². The molecule has 1 unspecified atom stereocenters. The molecule has 2 aromatic rings. The number of nitrogens with zero attached hydrogens (tertiary/aromatic N) is 3. The number of nitrogens with one attached hydrogen (secondary N) is 1. The maximum absolute atomic E-state index is 13.1. The third-order valence-electron chi connectivity index (χ3n) is 5.84. The van der Waals surface area contributed by atoms with Gasteiger partial charge in [-0.1, -0.05) is 0 Å². The first-order valence-electron chi connectivity index (χ1n) is 10.4. The summed E-state index contributed by atoms with van der Waals surface area (Å²) in [7, 11) is 0. The second-order valence-corrected chi connectivity index (χ2v) is 8.86. The molecule has 1 aliphatic heterocycles. The van der Waals surface area contributed by atoms with Crippen LogP contribution in [0.1, 0.15) is 76.8 Å². The first kappa shape index (κ1) is 20.8. The second kappa shape index (κ2) is 8.71. The van der Waals surface area contributed by atoms with Crippen LogP contribution in [0.4, 0.5) is 0 Å². The van der Waals surface area contributed by atoms with E-state index in [1.54, 1.807) is 12.3 Å². The quantitative estimate of drug-likeness (QED) is 0.676. The molecule has 8 heteroatoms. The summed E-state index contributed by atoms with van der Waals surface area (Å²) in [5.74, 6) is 0.815. The molecule has 30 heavy (non-hydrogen) atoms. The molecular weight excluding hydrogens is 448 g/mol. The molecule has 4 rings (SSSR count). The van der Waals surface area contributed by atoms with Crippen molar-refractivity contribution in [1.82, 2.24) is 15.3 Å². The molecule has 1 aliphatic carbocycles. The minimum Gasteiger partial charge on any atom is -0.455 e. The highest BCUT2D eigenvalue weighted by Gasteiger charge is 2.32. The molecule has 0 spiro atoms. The fraction of sp³-hybridized carbons (Fsp3) is 0.455.